The van der Waals surface area contributed by atoms with Gasteiger partial charge in [-0.05, 0) is 52.6 Å². The zero-order chi connectivity index (χ0) is 25.6. The SMILES string of the molecule is CC(=O)N1c2ccccc2NC2=C(C(=O)C[C@@H](c3ccc(C(C)(C)C)cc3)C2)[C@H]1c1ccccc1Cl. The second kappa shape index (κ2) is 9.25. The largest absolute Gasteiger partial charge is 0.357 e. The lowest BCUT2D eigenvalue weighted by molar-refractivity contribution is -0.117. The lowest BCUT2D eigenvalue weighted by atomic mass is 9.77. The molecule has 36 heavy (non-hydrogen) atoms. The van der Waals surface area contributed by atoms with Crippen LogP contribution >= 0.6 is 11.6 Å². The maximum atomic E-state index is 13.9. The van der Waals surface area contributed by atoms with E-state index < -0.39 is 6.04 Å². The number of anilines is 2. The smallest absolute Gasteiger partial charge is 0.224 e. The van der Waals surface area contributed by atoms with Gasteiger partial charge in [0.15, 0.2) is 5.78 Å². The average molecular weight is 499 g/mol. The Morgan fingerprint density at radius 2 is 1.61 bits per heavy atom. The summed E-state index contributed by atoms with van der Waals surface area (Å²) in [4.78, 5) is 28.7. The molecule has 0 saturated carbocycles. The number of allylic oxidation sites excluding steroid dienone is 1. The Hall–Kier alpha value is -3.37. The van der Waals surface area contributed by atoms with E-state index in [0.717, 1.165) is 28.2 Å². The van der Waals surface area contributed by atoms with Crippen molar-refractivity contribution >= 4 is 34.7 Å². The minimum absolute atomic E-state index is 0.0395. The molecule has 0 radical (unpaired) electrons. The number of Topliss-reactive ketones (excluding diaryl/α,β-unsaturated/α-hetero) is 1. The summed E-state index contributed by atoms with van der Waals surface area (Å²) in [5, 5.41) is 4.09. The molecule has 3 aromatic rings. The van der Waals surface area contributed by atoms with Crippen LogP contribution in [0, 0.1) is 0 Å². The van der Waals surface area contributed by atoms with E-state index in [4.69, 9.17) is 11.6 Å². The van der Waals surface area contributed by atoms with Crippen LogP contribution in [0.25, 0.3) is 0 Å². The number of ketones is 1. The second-order valence-corrected chi connectivity index (χ2v) is 11.2. The van der Waals surface area contributed by atoms with Gasteiger partial charge in [0, 0.05) is 29.6 Å². The van der Waals surface area contributed by atoms with E-state index in [2.05, 4.69) is 50.4 Å². The van der Waals surface area contributed by atoms with E-state index in [1.807, 2.05) is 48.5 Å². The van der Waals surface area contributed by atoms with Crippen LogP contribution in [0.5, 0.6) is 0 Å². The molecule has 2 aliphatic rings. The summed E-state index contributed by atoms with van der Waals surface area (Å²) in [5.41, 5.74) is 6.28. The molecule has 5 rings (SSSR count). The van der Waals surface area contributed by atoms with Crippen LogP contribution < -0.4 is 10.2 Å². The molecule has 2 atom stereocenters. The molecule has 1 aliphatic heterocycles. The molecular formula is C31H31ClN2O2. The summed E-state index contributed by atoms with van der Waals surface area (Å²) in [7, 11) is 0. The first-order valence-electron chi connectivity index (χ1n) is 12.4. The number of amides is 1. The molecule has 4 nitrogen and oxygen atoms in total. The van der Waals surface area contributed by atoms with Gasteiger partial charge in [0.1, 0.15) is 0 Å². The Morgan fingerprint density at radius 3 is 2.28 bits per heavy atom. The van der Waals surface area contributed by atoms with Crippen LogP contribution in [0.1, 0.15) is 69.2 Å². The number of nitrogens with one attached hydrogen (secondary N) is 1. The molecule has 0 unspecified atom stereocenters. The number of hydrogen-bond donors (Lipinski definition) is 1. The van der Waals surface area contributed by atoms with Crippen molar-refractivity contribution in [1.29, 1.82) is 0 Å². The molecule has 0 bridgehead atoms. The molecule has 0 saturated heterocycles. The van der Waals surface area contributed by atoms with Crippen molar-refractivity contribution in [2.45, 2.75) is 57.9 Å². The number of carbonyl (C=O) groups is 2. The van der Waals surface area contributed by atoms with Gasteiger partial charge in [0.25, 0.3) is 0 Å². The third kappa shape index (κ3) is 4.35. The minimum atomic E-state index is -0.598. The van der Waals surface area contributed by atoms with Crippen molar-refractivity contribution < 1.29 is 9.59 Å². The fourth-order valence-electron chi connectivity index (χ4n) is 5.42. The first kappa shape index (κ1) is 24.3. The van der Waals surface area contributed by atoms with E-state index >= 15 is 0 Å². The molecule has 1 aliphatic carbocycles. The predicted octanol–water partition coefficient (Wildman–Crippen LogP) is 7.56. The summed E-state index contributed by atoms with van der Waals surface area (Å²) in [5.74, 6) is -0.0473. The van der Waals surface area contributed by atoms with Crippen molar-refractivity contribution in [2.75, 3.05) is 10.2 Å². The summed E-state index contributed by atoms with van der Waals surface area (Å²) in [6, 6.07) is 23.3. The molecule has 5 heteroatoms. The Bertz CT molecular complexity index is 1370. The van der Waals surface area contributed by atoms with E-state index in [0.29, 0.717) is 23.4 Å². The molecule has 1 N–H and O–H groups in total. The Kier molecular flexibility index (Phi) is 6.25. The summed E-state index contributed by atoms with van der Waals surface area (Å²) < 4.78 is 0. The average Bonchev–Trinajstić information content (AvgIpc) is 2.98. The van der Waals surface area contributed by atoms with E-state index in [9.17, 15) is 9.59 Å². The highest BCUT2D eigenvalue weighted by Crippen LogP contribution is 2.48. The highest BCUT2D eigenvalue weighted by molar-refractivity contribution is 6.31. The van der Waals surface area contributed by atoms with Crippen molar-refractivity contribution in [3.63, 3.8) is 0 Å². The first-order chi connectivity index (χ1) is 17.1. The highest BCUT2D eigenvalue weighted by atomic mass is 35.5. The van der Waals surface area contributed by atoms with E-state index in [1.165, 1.54) is 5.56 Å². The topological polar surface area (TPSA) is 49.4 Å². The van der Waals surface area contributed by atoms with Crippen LogP contribution in [0.4, 0.5) is 11.4 Å². The van der Waals surface area contributed by atoms with Gasteiger partial charge in [0.05, 0.1) is 17.4 Å². The number of fused-ring (bicyclic) bond motifs is 1. The van der Waals surface area contributed by atoms with Gasteiger partial charge in [-0.15, -0.1) is 0 Å². The van der Waals surface area contributed by atoms with Crippen LogP contribution in [0.3, 0.4) is 0 Å². The van der Waals surface area contributed by atoms with Crippen LogP contribution in [0.15, 0.2) is 84.1 Å². The Balaban J connectivity index is 1.65. The lowest BCUT2D eigenvalue weighted by Gasteiger charge is -2.35. The fourth-order valence-corrected chi connectivity index (χ4v) is 5.66. The zero-order valence-electron chi connectivity index (χ0n) is 21.1. The Labute approximate surface area is 218 Å². The van der Waals surface area contributed by atoms with Gasteiger partial charge in [-0.3, -0.25) is 14.5 Å². The lowest BCUT2D eigenvalue weighted by Crippen LogP contribution is -2.37. The van der Waals surface area contributed by atoms with E-state index in [1.54, 1.807) is 11.8 Å². The molecule has 1 amide bonds. The summed E-state index contributed by atoms with van der Waals surface area (Å²) >= 11 is 6.67. The van der Waals surface area contributed by atoms with Crippen molar-refractivity contribution in [2.24, 2.45) is 0 Å². The maximum absolute atomic E-state index is 13.9. The van der Waals surface area contributed by atoms with Crippen LogP contribution in [-0.4, -0.2) is 11.7 Å². The van der Waals surface area contributed by atoms with Gasteiger partial charge in [0.2, 0.25) is 5.91 Å². The zero-order valence-corrected chi connectivity index (χ0v) is 21.9. The highest BCUT2D eigenvalue weighted by Gasteiger charge is 2.41. The number of nitrogens with zero attached hydrogens (tertiary/aromatic N) is 1. The molecule has 184 valence electrons. The number of para-hydroxylation sites is 2. The van der Waals surface area contributed by atoms with Gasteiger partial charge >= 0.3 is 0 Å². The van der Waals surface area contributed by atoms with Crippen molar-refractivity contribution in [3.8, 4) is 0 Å². The summed E-state index contributed by atoms with van der Waals surface area (Å²) in [6.45, 7) is 8.14. The third-order valence-corrected chi connectivity index (χ3v) is 7.62. The molecule has 3 aromatic carbocycles. The molecule has 0 spiro atoms. The minimum Gasteiger partial charge on any atom is -0.357 e. The quantitative estimate of drug-likeness (QED) is 0.396. The number of hydrogen-bond acceptors (Lipinski definition) is 3. The standard InChI is InChI=1S/C31H31ClN2O2/c1-19(35)34-27-12-8-7-11-25(27)33-26-17-21(20-13-15-22(16-14-20)31(2,3)4)18-28(36)29(26)30(34)23-9-5-6-10-24(23)32/h5-16,21,30,33H,17-18H2,1-4H3/t21-,30+/m0/s1. The fraction of sp³-hybridized carbons (Fsp3) is 0.290. The number of halogens is 1. The van der Waals surface area contributed by atoms with Crippen LogP contribution in [0.2, 0.25) is 5.02 Å². The van der Waals surface area contributed by atoms with Crippen LogP contribution in [-0.2, 0) is 15.0 Å². The number of carbonyl (C=O) groups excluding carboxylic acids is 2. The van der Waals surface area contributed by atoms with Gasteiger partial charge in [-0.25, -0.2) is 0 Å². The normalized spacial score (nSPS) is 19.8. The first-order valence-corrected chi connectivity index (χ1v) is 12.8. The second-order valence-electron chi connectivity index (χ2n) is 10.7. The van der Waals surface area contributed by atoms with E-state index in [-0.39, 0.29) is 23.0 Å². The summed E-state index contributed by atoms with van der Waals surface area (Å²) in [6.07, 6.45) is 1.06. The maximum Gasteiger partial charge on any atom is 0.224 e. The molecule has 1 heterocycles. The third-order valence-electron chi connectivity index (χ3n) is 7.28. The Morgan fingerprint density at radius 1 is 0.944 bits per heavy atom. The molecule has 0 aromatic heterocycles. The van der Waals surface area contributed by atoms with Crippen molar-refractivity contribution in [3.05, 3.63) is 106 Å². The number of benzene rings is 3. The monoisotopic (exact) mass is 498 g/mol. The predicted molar refractivity (Wildman–Crippen MR) is 147 cm³/mol. The van der Waals surface area contributed by atoms with Crippen molar-refractivity contribution in [1.82, 2.24) is 0 Å². The van der Waals surface area contributed by atoms with Gasteiger partial charge in [-0.2, -0.15) is 0 Å². The van der Waals surface area contributed by atoms with Gasteiger partial charge in [-0.1, -0.05) is 87.0 Å². The number of rotatable bonds is 2. The van der Waals surface area contributed by atoms with Gasteiger partial charge < -0.3 is 5.32 Å². The molecular weight excluding hydrogens is 468 g/mol. The molecule has 0 fully saturated rings.